The number of hydrogen-bond acceptors (Lipinski definition) is 3. The lowest BCUT2D eigenvalue weighted by Gasteiger charge is -2.19. The van der Waals surface area contributed by atoms with Gasteiger partial charge in [-0.05, 0) is 33.6 Å². The quantitative estimate of drug-likeness (QED) is 0.602. The van der Waals surface area contributed by atoms with Crippen LogP contribution in [0, 0.1) is 11.8 Å². The average molecular weight is 198 g/mol. The second kappa shape index (κ2) is 3.23. The van der Waals surface area contributed by atoms with Crippen molar-refractivity contribution in [3.8, 4) is 0 Å². The maximum Gasteiger partial charge on any atom is 0.312 e. The van der Waals surface area contributed by atoms with Gasteiger partial charge in [-0.25, -0.2) is 0 Å². The Labute approximate surface area is 84.8 Å². The first-order chi connectivity index (χ1) is 6.49. The highest BCUT2D eigenvalue weighted by Gasteiger charge is 2.58. The minimum absolute atomic E-state index is 0.0247. The fraction of sp³-hybridized carbons (Fsp3) is 0.909. The molecule has 0 amide bonds. The highest BCUT2D eigenvalue weighted by atomic mass is 16.6. The monoisotopic (exact) mass is 198 g/mol. The van der Waals surface area contributed by atoms with Crippen LogP contribution in [0.25, 0.3) is 0 Å². The molecule has 0 radical (unpaired) electrons. The summed E-state index contributed by atoms with van der Waals surface area (Å²) in [6, 6.07) is 0. The predicted molar refractivity (Wildman–Crippen MR) is 51.8 cm³/mol. The Balaban J connectivity index is 1.88. The summed E-state index contributed by atoms with van der Waals surface area (Å²) in [5, 5.41) is 0. The summed E-state index contributed by atoms with van der Waals surface area (Å²) < 4.78 is 10.8. The molecule has 3 atom stereocenters. The molecule has 0 spiro atoms. The van der Waals surface area contributed by atoms with Crippen molar-refractivity contribution < 1.29 is 14.3 Å². The van der Waals surface area contributed by atoms with Gasteiger partial charge in [0.05, 0.1) is 12.0 Å². The first kappa shape index (κ1) is 9.97. The lowest BCUT2D eigenvalue weighted by atomic mass is 10.1. The van der Waals surface area contributed by atoms with E-state index in [-0.39, 0.29) is 23.6 Å². The van der Waals surface area contributed by atoms with Gasteiger partial charge in [-0.3, -0.25) is 4.79 Å². The van der Waals surface area contributed by atoms with Gasteiger partial charge in [0.25, 0.3) is 0 Å². The van der Waals surface area contributed by atoms with Crippen LogP contribution in [0.15, 0.2) is 0 Å². The first-order valence-electron chi connectivity index (χ1n) is 5.33. The molecule has 1 aliphatic heterocycles. The topological polar surface area (TPSA) is 35.5 Å². The lowest BCUT2D eigenvalue weighted by molar-refractivity contribution is -0.157. The van der Waals surface area contributed by atoms with E-state index in [2.05, 4.69) is 0 Å². The molecule has 0 unspecified atom stereocenters. The van der Waals surface area contributed by atoms with Crippen molar-refractivity contribution in [3.63, 3.8) is 0 Å². The van der Waals surface area contributed by atoms with Gasteiger partial charge in [0, 0.05) is 12.5 Å². The van der Waals surface area contributed by atoms with Crippen molar-refractivity contribution in [2.45, 2.75) is 45.3 Å². The number of carbonyl (C=O) groups excluding carboxylic acids is 1. The Morgan fingerprint density at radius 2 is 2.14 bits per heavy atom. The third kappa shape index (κ3) is 1.92. The third-order valence-corrected chi connectivity index (χ3v) is 2.77. The summed E-state index contributed by atoms with van der Waals surface area (Å²) in [5.74, 6) is 0.393. The molecule has 0 aromatic rings. The minimum atomic E-state index is -0.372. The van der Waals surface area contributed by atoms with Crippen LogP contribution in [-0.2, 0) is 14.3 Å². The molecule has 3 nitrogen and oxygen atoms in total. The molecule has 0 bridgehead atoms. The molecule has 1 saturated carbocycles. The van der Waals surface area contributed by atoms with Gasteiger partial charge >= 0.3 is 5.97 Å². The molecule has 14 heavy (non-hydrogen) atoms. The second-order valence-electron chi connectivity index (χ2n) is 5.20. The van der Waals surface area contributed by atoms with Gasteiger partial charge in [0.2, 0.25) is 0 Å². The maximum atomic E-state index is 11.7. The average Bonchev–Trinajstić information content (AvgIpc) is 2.73. The number of carbonyl (C=O) groups is 1. The summed E-state index contributed by atoms with van der Waals surface area (Å²) in [4.78, 5) is 11.7. The molecule has 80 valence electrons. The van der Waals surface area contributed by atoms with E-state index in [0.29, 0.717) is 5.92 Å². The summed E-state index contributed by atoms with van der Waals surface area (Å²) >= 11 is 0. The summed E-state index contributed by atoms with van der Waals surface area (Å²) in [7, 11) is 0. The Bertz CT molecular complexity index is 229. The van der Waals surface area contributed by atoms with Crippen molar-refractivity contribution in [1.82, 2.24) is 0 Å². The number of fused-ring (bicyclic) bond motifs is 1. The van der Waals surface area contributed by atoms with Gasteiger partial charge in [-0.1, -0.05) is 0 Å². The Morgan fingerprint density at radius 3 is 2.64 bits per heavy atom. The Hall–Kier alpha value is -0.570. The molecule has 0 aromatic heterocycles. The normalized spacial score (nSPS) is 36.1. The zero-order chi connectivity index (χ0) is 10.3. The Morgan fingerprint density at radius 1 is 1.43 bits per heavy atom. The lowest BCUT2D eigenvalue weighted by Crippen LogP contribution is -2.25. The van der Waals surface area contributed by atoms with Gasteiger partial charge in [-0.2, -0.15) is 0 Å². The predicted octanol–water partition coefficient (Wildman–Crippen LogP) is 1.75. The summed E-state index contributed by atoms with van der Waals surface area (Å²) in [5.41, 5.74) is -0.372. The van der Waals surface area contributed by atoms with E-state index < -0.39 is 0 Å². The van der Waals surface area contributed by atoms with Gasteiger partial charge in [0.15, 0.2) is 0 Å². The van der Waals surface area contributed by atoms with E-state index in [0.717, 1.165) is 19.4 Å². The van der Waals surface area contributed by atoms with E-state index in [1.54, 1.807) is 0 Å². The number of ether oxygens (including phenoxy) is 2. The van der Waals surface area contributed by atoms with E-state index in [9.17, 15) is 4.79 Å². The maximum absolute atomic E-state index is 11.7. The number of esters is 1. The molecule has 0 aromatic carbocycles. The van der Waals surface area contributed by atoms with Crippen LogP contribution in [0.5, 0.6) is 0 Å². The molecular weight excluding hydrogens is 180 g/mol. The van der Waals surface area contributed by atoms with Crippen LogP contribution in [0.1, 0.15) is 33.6 Å². The van der Waals surface area contributed by atoms with Crippen LogP contribution in [0.4, 0.5) is 0 Å². The molecule has 3 heteroatoms. The fourth-order valence-electron chi connectivity index (χ4n) is 2.13. The van der Waals surface area contributed by atoms with Crippen molar-refractivity contribution >= 4 is 5.97 Å². The zero-order valence-electron chi connectivity index (χ0n) is 9.08. The van der Waals surface area contributed by atoms with E-state index >= 15 is 0 Å². The van der Waals surface area contributed by atoms with Crippen LogP contribution >= 0.6 is 0 Å². The van der Waals surface area contributed by atoms with E-state index in [4.69, 9.17) is 9.47 Å². The van der Waals surface area contributed by atoms with Gasteiger partial charge in [0.1, 0.15) is 5.60 Å². The SMILES string of the molecule is CC(C)(C)OC(=O)[C@H]1[C@@H]2CCCO[C@@H]21. The molecule has 2 rings (SSSR count). The van der Waals surface area contributed by atoms with Crippen LogP contribution in [0.3, 0.4) is 0 Å². The van der Waals surface area contributed by atoms with Crippen molar-refractivity contribution in [2.75, 3.05) is 6.61 Å². The van der Waals surface area contributed by atoms with E-state index in [1.807, 2.05) is 20.8 Å². The Kier molecular flexibility index (Phi) is 2.30. The molecule has 1 aliphatic carbocycles. The zero-order valence-corrected chi connectivity index (χ0v) is 9.08. The molecule has 2 fully saturated rings. The molecule has 0 N–H and O–H groups in total. The minimum Gasteiger partial charge on any atom is -0.460 e. The molecule has 1 heterocycles. The van der Waals surface area contributed by atoms with Gasteiger partial charge < -0.3 is 9.47 Å². The summed E-state index contributed by atoms with van der Waals surface area (Å²) in [6.07, 6.45) is 2.37. The molecular formula is C11H18O3. The largest absolute Gasteiger partial charge is 0.460 e. The third-order valence-electron chi connectivity index (χ3n) is 2.77. The standard InChI is InChI=1S/C11H18O3/c1-11(2,3)14-10(12)8-7-5-4-6-13-9(7)8/h7-9H,4-6H2,1-3H3/t7-,8-,9-/m0/s1. The van der Waals surface area contributed by atoms with Crippen molar-refractivity contribution in [1.29, 1.82) is 0 Å². The number of rotatable bonds is 1. The van der Waals surface area contributed by atoms with Crippen LogP contribution in [-0.4, -0.2) is 24.3 Å². The first-order valence-corrected chi connectivity index (χ1v) is 5.33. The molecule has 2 aliphatic rings. The smallest absolute Gasteiger partial charge is 0.312 e. The van der Waals surface area contributed by atoms with E-state index in [1.165, 1.54) is 0 Å². The highest BCUT2D eigenvalue weighted by Crippen LogP contribution is 2.48. The summed E-state index contributed by atoms with van der Waals surface area (Å²) in [6.45, 7) is 6.51. The number of hydrogen-bond donors (Lipinski definition) is 0. The fourth-order valence-corrected chi connectivity index (χ4v) is 2.13. The van der Waals surface area contributed by atoms with Crippen LogP contribution in [0.2, 0.25) is 0 Å². The second-order valence-corrected chi connectivity index (χ2v) is 5.20. The van der Waals surface area contributed by atoms with Crippen molar-refractivity contribution in [3.05, 3.63) is 0 Å². The highest BCUT2D eigenvalue weighted by molar-refractivity contribution is 5.77. The van der Waals surface area contributed by atoms with Crippen LogP contribution < -0.4 is 0 Å². The molecule has 1 saturated heterocycles. The van der Waals surface area contributed by atoms with Crippen molar-refractivity contribution in [2.24, 2.45) is 11.8 Å². The van der Waals surface area contributed by atoms with Gasteiger partial charge in [-0.15, -0.1) is 0 Å².